The van der Waals surface area contributed by atoms with E-state index in [1.807, 2.05) is 0 Å². The van der Waals surface area contributed by atoms with E-state index in [4.69, 9.17) is 4.74 Å². The molecule has 0 bridgehead atoms. The van der Waals surface area contributed by atoms with Crippen molar-refractivity contribution in [1.82, 2.24) is 9.29 Å². The highest BCUT2D eigenvalue weighted by Crippen LogP contribution is 2.25. The summed E-state index contributed by atoms with van der Waals surface area (Å²) >= 11 is 1.09. The molecule has 98 valence electrons. The van der Waals surface area contributed by atoms with Crippen LogP contribution in [0.5, 0.6) is 0 Å². The number of isocyanates is 1. The minimum atomic E-state index is -3.68. The van der Waals surface area contributed by atoms with E-state index in [0.717, 1.165) is 15.6 Å². The maximum atomic E-state index is 12.3. The Morgan fingerprint density at radius 2 is 2.44 bits per heavy atom. The van der Waals surface area contributed by atoms with Crippen molar-refractivity contribution in [1.29, 1.82) is 0 Å². The SMILES string of the molecule is Cc1ncc(S(=O)(=O)N2CCOCC2N=C=O)s1. The Balaban J connectivity index is 2.35. The first kappa shape index (κ1) is 13.3. The quantitative estimate of drug-likeness (QED) is 0.583. The molecule has 1 aromatic heterocycles. The monoisotopic (exact) mass is 289 g/mol. The average Bonchev–Trinajstić information content (AvgIpc) is 2.78. The molecule has 1 aromatic rings. The van der Waals surface area contributed by atoms with Gasteiger partial charge in [-0.2, -0.15) is 9.30 Å². The summed E-state index contributed by atoms with van der Waals surface area (Å²) in [6.07, 6.45) is 1.84. The van der Waals surface area contributed by atoms with Crippen molar-refractivity contribution in [3.05, 3.63) is 11.2 Å². The van der Waals surface area contributed by atoms with Crippen LogP contribution in [0.3, 0.4) is 0 Å². The largest absolute Gasteiger partial charge is 0.376 e. The Hall–Kier alpha value is -1.12. The third kappa shape index (κ3) is 2.50. The smallest absolute Gasteiger partial charge is 0.256 e. The van der Waals surface area contributed by atoms with Gasteiger partial charge >= 0.3 is 0 Å². The third-order valence-corrected chi connectivity index (χ3v) is 5.67. The number of hydrogen-bond donors (Lipinski definition) is 0. The molecule has 1 saturated heterocycles. The predicted octanol–water partition coefficient (Wildman–Crippen LogP) is 0.134. The van der Waals surface area contributed by atoms with Gasteiger partial charge < -0.3 is 4.74 Å². The van der Waals surface area contributed by atoms with E-state index >= 15 is 0 Å². The summed E-state index contributed by atoms with van der Waals surface area (Å²) in [5.74, 6) is 0. The minimum Gasteiger partial charge on any atom is -0.376 e. The van der Waals surface area contributed by atoms with Crippen molar-refractivity contribution in [3.63, 3.8) is 0 Å². The van der Waals surface area contributed by atoms with Crippen LogP contribution >= 0.6 is 11.3 Å². The van der Waals surface area contributed by atoms with Crippen molar-refractivity contribution >= 4 is 27.4 Å². The molecule has 1 atom stereocenters. The van der Waals surface area contributed by atoms with Gasteiger partial charge in [-0.3, -0.25) is 0 Å². The number of nitrogens with zero attached hydrogens (tertiary/aromatic N) is 3. The molecular weight excluding hydrogens is 278 g/mol. The minimum absolute atomic E-state index is 0.0618. The maximum absolute atomic E-state index is 12.3. The van der Waals surface area contributed by atoms with Crippen LogP contribution in [0.15, 0.2) is 15.4 Å². The molecule has 9 heteroatoms. The summed E-state index contributed by atoms with van der Waals surface area (Å²) in [5.41, 5.74) is 0. The Morgan fingerprint density at radius 3 is 3.06 bits per heavy atom. The third-order valence-electron chi connectivity index (χ3n) is 2.42. The highest BCUT2D eigenvalue weighted by atomic mass is 32.2. The van der Waals surface area contributed by atoms with E-state index in [-0.39, 0.29) is 24.0 Å². The summed E-state index contributed by atoms with van der Waals surface area (Å²) in [7, 11) is -3.68. The predicted molar refractivity (Wildman–Crippen MR) is 63.5 cm³/mol. The van der Waals surface area contributed by atoms with Gasteiger partial charge in [0.15, 0.2) is 10.4 Å². The number of sulfonamides is 1. The molecular formula is C9H11N3O4S2. The first-order valence-electron chi connectivity index (χ1n) is 5.14. The van der Waals surface area contributed by atoms with Gasteiger partial charge in [0, 0.05) is 6.54 Å². The molecule has 2 heterocycles. The van der Waals surface area contributed by atoms with Gasteiger partial charge in [-0.15, -0.1) is 11.3 Å². The molecule has 0 N–H and O–H groups in total. The van der Waals surface area contributed by atoms with Gasteiger partial charge in [0.2, 0.25) is 6.08 Å². The number of hydrogen-bond acceptors (Lipinski definition) is 7. The molecule has 0 radical (unpaired) electrons. The Labute approximate surface area is 108 Å². The molecule has 0 saturated carbocycles. The zero-order valence-electron chi connectivity index (χ0n) is 9.57. The summed E-state index contributed by atoms with van der Waals surface area (Å²) in [6.45, 7) is 2.23. The highest BCUT2D eigenvalue weighted by Gasteiger charge is 2.35. The van der Waals surface area contributed by atoms with E-state index in [1.54, 1.807) is 6.92 Å². The molecule has 1 aliphatic rings. The van der Waals surface area contributed by atoms with Crippen molar-refractivity contribution in [3.8, 4) is 0 Å². The number of carbonyl (C=O) groups excluding carboxylic acids is 1. The van der Waals surface area contributed by atoms with Crippen LogP contribution in [-0.2, 0) is 19.6 Å². The first-order chi connectivity index (χ1) is 8.55. The van der Waals surface area contributed by atoms with Gasteiger partial charge in [0.1, 0.15) is 0 Å². The highest BCUT2D eigenvalue weighted by molar-refractivity contribution is 7.91. The summed E-state index contributed by atoms with van der Waals surface area (Å²) in [6, 6.07) is 0. The molecule has 1 aliphatic heterocycles. The second-order valence-electron chi connectivity index (χ2n) is 3.59. The second kappa shape index (κ2) is 5.25. The zero-order valence-corrected chi connectivity index (χ0v) is 11.2. The number of thiazole rings is 1. The number of aromatic nitrogens is 1. The fraction of sp³-hybridized carbons (Fsp3) is 0.556. The Bertz CT molecular complexity index is 576. The molecule has 1 unspecified atom stereocenters. The van der Waals surface area contributed by atoms with Crippen LogP contribution in [0.25, 0.3) is 0 Å². The van der Waals surface area contributed by atoms with E-state index in [0.29, 0.717) is 5.01 Å². The average molecular weight is 289 g/mol. The fourth-order valence-corrected chi connectivity index (χ4v) is 4.33. The standard InChI is InChI=1S/C9H11N3O4S2/c1-7-10-4-9(17-7)18(14,15)12-2-3-16-5-8(12)11-6-13/h4,8H,2-3,5H2,1H3. The van der Waals surface area contributed by atoms with Crippen LogP contribution in [0.1, 0.15) is 5.01 Å². The van der Waals surface area contributed by atoms with Gasteiger partial charge in [0.25, 0.3) is 10.0 Å². The van der Waals surface area contributed by atoms with Crippen LogP contribution in [0.4, 0.5) is 0 Å². The van der Waals surface area contributed by atoms with E-state index in [2.05, 4.69) is 9.98 Å². The first-order valence-corrected chi connectivity index (χ1v) is 7.40. The summed E-state index contributed by atoms with van der Waals surface area (Å²) in [5, 5.41) is 0.664. The van der Waals surface area contributed by atoms with Crippen molar-refractivity contribution in [2.45, 2.75) is 17.3 Å². The molecule has 1 fully saturated rings. The number of rotatable bonds is 3. The summed E-state index contributed by atoms with van der Waals surface area (Å²) < 4.78 is 31.1. The molecule has 7 nitrogen and oxygen atoms in total. The summed E-state index contributed by atoms with van der Waals surface area (Å²) in [4.78, 5) is 17.7. The lowest BCUT2D eigenvalue weighted by atomic mass is 10.4. The van der Waals surface area contributed by atoms with Crippen molar-refractivity contribution < 1.29 is 17.9 Å². The van der Waals surface area contributed by atoms with E-state index < -0.39 is 16.2 Å². The Morgan fingerprint density at radius 1 is 1.67 bits per heavy atom. The topological polar surface area (TPSA) is 88.9 Å². The van der Waals surface area contributed by atoms with Crippen LogP contribution in [0, 0.1) is 6.92 Å². The van der Waals surface area contributed by atoms with Crippen molar-refractivity contribution in [2.24, 2.45) is 4.99 Å². The lowest BCUT2D eigenvalue weighted by Crippen LogP contribution is -2.47. The normalized spacial score (nSPS) is 21.5. The van der Waals surface area contributed by atoms with E-state index in [9.17, 15) is 13.2 Å². The lowest BCUT2D eigenvalue weighted by molar-refractivity contribution is 0.0360. The van der Waals surface area contributed by atoms with Gasteiger partial charge in [0.05, 0.1) is 24.4 Å². The molecule has 0 spiro atoms. The second-order valence-corrected chi connectivity index (χ2v) is 6.94. The Kier molecular flexibility index (Phi) is 3.88. The maximum Gasteiger partial charge on any atom is 0.256 e. The van der Waals surface area contributed by atoms with Gasteiger partial charge in [-0.1, -0.05) is 0 Å². The molecule has 18 heavy (non-hydrogen) atoms. The van der Waals surface area contributed by atoms with Crippen molar-refractivity contribution in [2.75, 3.05) is 19.8 Å². The fourth-order valence-electron chi connectivity index (χ4n) is 1.60. The number of ether oxygens (including phenoxy) is 1. The molecule has 0 aliphatic carbocycles. The molecule has 0 amide bonds. The molecule has 2 rings (SSSR count). The molecule has 0 aromatic carbocycles. The van der Waals surface area contributed by atoms with Crippen LogP contribution in [-0.4, -0.2) is 49.7 Å². The zero-order chi connectivity index (χ0) is 13.2. The van der Waals surface area contributed by atoms with Gasteiger partial charge in [-0.25, -0.2) is 18.2 Å². The van der Waals surface area contributed by atoms with Crippen LogP contribution in [0.2, 0.25) is 0 Å². The van der Waals surface area contributed by atoms with E-state index in [1.165, 1.54) is 12.3 Å². The number of aryl methyl sites for hydroxylation is 1. The van der Waals surface area contributed by atoms with Gasteiger partial charge in [-0.05, 0) is 6.92 Å². The lowest BCUT2D eigenvalue weighted by Gasteiger charge is -2.30. The van der Waals surface area contributed by atoms with Crippen LogP contribution < -0.4 is 0 Å². The number of morpholine rings is 1. The number of aliphatic imine (C=N–C) groups is 1.